The Morgan fingerprint density at radius 2 is 1.82 bits per heavy atom. The van der Waals surface area contributed by atoms with Crippen LogP contribution in [-0.2, 0) is 24.4 Å². The fourth-order valence-electron chi connectivity index (χ4n) is 0.682. The number of hydrogen-bond acceptors (Lipinski definition) is 5. The minimum Gasteiger partial charge on any atom is -0.480 e. The van der Waals surface area contributed by atoms with Crippen molar-refractivity contribution < 1.29 is 32.4 Å². The molecule has 1 unspecified atom stereocenters. The van der Waals surface area contributed by atoms with Crippen LogP contribution in [0.1, 0.15) is 6.42 Å². The monoisotopic (exact) mass is 284 g/mol. The molecule has 1 atom stereocenters. The SMILES string of the molecule is C=CCOC(=O)CC(C(=O)O)S(=O)(=O)O.[Na].[Na]. The first-order valence-electron chi connectivity index (χ1n) is 3.74. The number of esters is 1. The molecule has 17 heavy (non-hydrogen) atoms. The van der Waals surface area contributed by atoms with Crippen molar-refractivity contribution in [3.63, 3.8) is 0 Å². The Balaban J connectivity index is -0.000000980. The maximum Gasteiger partial charge on any atom is 0.325 e. The molecule has 0 aromatic carbocycles. The van der Waals surface area contributed by atoms with Crippen molar-refractivity contribution in [2.75, 3.05) is 6.61 Å². The first-order valence-corrected chi connectivity index (χ1v) is 5.25. The summed E-state index contributed by atoms with van der Waals surface area (Å²) in [4.78, 5) is 21.2. The Morgan fingerprint density at radius 1 is 1.35 bits per heavy atom. The minimum absolute atomic E-state index is 0. The Kier molecular flexibility index (Phi) is 14.1. The van der Waals surface area contributed by atoms with Crippen molar-refractivity contribution >= 4 is 81.2 Å². The second-order valence-corrected chi connectivity index (χ2v) is 4.12. The van der Waals surface area contributed by atoms with Gasteiger partial charge in [0.2, 0.25) is 0 Å². The first kappa shape index (κ1) is 22.7. The zero-order valence-electron chi connectivity index (χ0n) is 9.62. The summed E-state index contributed by atoms with van der Waals surface area (Å²) < 4.78 is 33.9. The van der Waals surface area contributed by atoms with Crippen LogP contribution in [0.2, 0.25) is 0 Å². The minimum atomic E-state index is -4.81. The molecule has 0 spiro atoms. The summed E-state index contributed by atoms with van der Waals surface area (Å²) in [6, 6.07) is 0. The van der Waals surface area contributed by atoms with E-state index in [0.717, 1.165) is 0 Å². The van der Waals surface area contributed by atoms with Crippen LogP contribution in [0, 0.1) is 0 Å². The summed E-state index contributed by atoms with van der Waals surface area (Å²) in [6.07, 6.45) is 0.295. The van der Waals surface area contributed by atoms with Gasteiger partial charge in [-0.15, -0.1) is 0 Å². The Morgan fingerprint density at radius 3 is 2.12 bits per heavy atom. The second kappa shape index (κ2) is 10.5. The van der Waals surface area contributed by atoms with E-state index in [4.69, 9.17) is 9.66 Å². The number of rotatable bonds is 6. The Labute approximate surface area is 143 Å². The quantitative estimate of drug-likeness (QED) is 0.269. The summed E-state index contributed by atoms with van der Waals surface area (Å²) in [5, 5.41) is 6.22. The van der Waals surface area contributed by atoms with Gasteiger partial charge in [-0.2, -0.15) is 8.42 Å². The molecule has 0 bridgehead atoms. The van der Waals surface area contributed by atoms with Crippen LogP contribution in [0.3, 0.4) is 0 Å². The van der Waals surface area contributed by atoms with E-state index in [0.29, 0.717) is 0 Å². The fourth-order valence-corrected chi connectivity index (χ4v) is 1.28. The number of hydrogen-bond donors (Lipinski definition) is 2. The van der Waals surface area contributed by atoms with Gasteiger partial charge in [0.15, 0.2) is 5.25 Å². The van der Waals surface area contributed by atoms with Crippen LogP contribution in [0.25, 0.3) is 0 Å². The molecule has 0 aliphatic carbocycles. The molecule has 7 nitrogen and oxygen atoms in total. The number of ether oxygens (including phenoxy) is 1. The molecule has 88 valence electrons. The van der Waals surface area contributed by atoms with E-state index < -0.39 is 33.7 Å². The van der Waals surface area contributed by atoms with E-state index in [1.54, 1.807) is 0 Å². The summed E-state index contributed by atoms with van der Waals surface area (Å²) >= 11 is 0. The zero-order valence-corrected chi connectivity index (χ0v) is 14.4. The molecule has 0 fully saturated rings. The number of carboxylic acids is 1. The van der Waals surface area contributed by atoms with Crippen LogP contribution in [-0.4, -0.2) is 101 Å². The largest absolute Gasteiger partial charge is 0.480 e. The van der Waals surface area contributed by atoms with Gasteiger partial charge in [-0.1, -0.05) is 12.7 Å². The third-order valence-corrected chi connectivity index (χ3v) is 2.44. The average Bonchev–Trinajstić information content (AvgIpc) is 2.08. The molecule has 0 aromatic heterocycles. The van der Waals surface area contributed by atoms with Crippen molar-refractivity contribution in [3.8, 4) is 0 Å². The summed E-state index contributed by atoms with van der Waals surface area (Å²) in [6.45, 7) is 3.08. The molecule has 0 saturated carbocycles. The van der Waals surface area contributed by atoms with Gasteiger partial charge in [-0.25, -0.2) is 0 Å². The van der Waals surface area contributed by atoms with Gasteiger partial charge in [-0.3, -0.25) is 14.1 Å². The summed E-state index contributed by atoms with van der Waals surface area (Å²) in [5.74, 6) is -2.85. The van der Waals surface area contributed by atoms with E-state index in [1.165, 1.54) is 6.08 Å². The maximum absolute atomic E-state index is 10.9. The summed E-state index contributed by atoms with van der Waals surface area (Å²) in [5.41, 5.74) is 0. The van der Waals surface area contributed by atoms with Crippen molar-refractivity contribution in [1.29, 1.82) is 0 Å². The molecule has 0 amide bonds. The van der Waals surface area contributed by atoms with Gasteiger partial charge in [0.25, 0.3) is 10.1 Å². The molecular weight excluding hydrogens is 274 g/mol. The molecule has 2 radical (unpaired) electrons. The molecule has 2 N–H and O–H groups in total. The van der Waals surface area contributed by atoms with Crippen LogP contribution in [0.5, 0.6) is 0 Å². The van der Waals surface area contributed by atoms with E-state index in [9.17, 15) is 18.0 Å². The fraction of sp³-hybridized carbons (Fsp3) is 0.429. The average molecular weight is 284 g/mol. The van der Waals surface area contributed by atoms with Gasteiger partial charge in [0, 0.05) is 59.1 Å². The van der Waals surface area contributed by atoms with Crippen molar-refractivity contribution in [2.45, 2.75) is 11.7 Å². The smallest absolute Gasteiger partial charge is 0.325 e. The van der Waals surface area contributed by atoms with Gasteiger partial charge < -0.3 is 9.84 Å². The number of carbonyl (C=O) groups excluding carboxylic acids is 1. The number of carboxylic acid groups (broad SMARTS) is 1. The van der Waals surface area contributed by atoms with Crippen molar-refractivity contribution in [1.82, 2.24) is 0 Å². The van der Waals surface area contributed by atoms with Crippen LogP contribution < -0.4 is 0 Å². The molecule has 0 rings (SSSR count). The van der Waals surface area contributed by atoms with Crippen LogP contribution >= 0.6 is 0 Å². The normalized spacial score (nSPS) is 11.4. The number of carbonyl (C=O) groups is 2. The van der Waals surface area contributed by atoms with E-state index in [2.05, 4.69) is 11.3 Å². The third-order valence-electron chi connectivity index (χ3n) is 1.35. The van der Waals surface area contributed by atoms with Gasteiger partial charge in [0.1, 0.15) is 6.61 Å². The molecule has 10 heteroatoms. The Hall–Kier alpha value is 0.590. The van der Waals surface area contributed by atoms with Crippen molar-refractivity contribution in [2.24, 2.45) is 0 Å². The molecule has 0 aliphatic heterocycles. The molecule has 0 aliphatic rings. The third kappa shape index (κ3) is 10.2. The van der Waals surface area contributed by atoms with Crippen LogP contribution in [0.15, 0.2) is 12.7 Å². The standard InChI is InChI=1S/C7H10O7S.2Na/c1-2-3-14-6(8)4-5(7(9)10)15(11,12)13;;/h2,5H,1,3-4H2,(H,9,10)(H,11,12,13);;. The van der Waals surface area contributed by atoms with Gasteiger partial charge in [-0.05, 0) is 0 Å². The number of aliphatic carboxylic acids is 1. The molecule has 0 heterocycles. The topological polar surface area (TPSA) is 118 Å². The molecular formula is C7H10Na2O7S. The zero-order chi connectivity index (χ0) is 12.1. The molecule has 0 saturated heterocycles. The van der Waals surface area contributed by atoms with Gasteiger partial charge in [0.05, 0.1) is 6.42 Å². The first-order chi connectivity index (χ1) is 6.79. The van der Waals surface area contributed by atoms with E-state index in [-0.39, 0.29) is 65.7 Å². The van der Waals surface area contributed by atoms with Crippen molar-refractivity contribution in [3.05, 3.63) is 12.7 Å². The van der Waals surface area contributed by atoms with Gasteiger partial charge >= 0.3 is 11.9 Å². The van der Waals surface area contributed by atoms with E-state index in [1.807, 2.05) is 0 Å². The second-order valence-electron chi connectivity index (χ2n) is 2.52. The predicted molar refractivity (Wildman–Crippen MR) is 60.3 cm³/mol. The maximum atomic E-state index is 10.9. The Bertz CT molecular complexity index is 364. The summed E-state index contributed by atoms with van der Waals surface area (Å²) in [7, 11) is -4.81. The van der Waals surface area contributed by atoms with E-state index >= 15 is 0 Å². The predicted octanol–water partition coefficient (Wildman–Crippen LogP) is -1.31. The van der Waals surface area contributed by atoms with Crippen LogP contribution in [0.4, 0.5) is 0 Å². The molecule has 0 aromatic rings.